The van der Waals surface area contributed by atoms with Crippen LogP contribution in [-0.4, -0.2) is 20.6 Å². The maximum atomic E-state index is 9.78. The van der Waals surface area contributed by atoms with Crippen LogP contribution in [0.2, 0.25) is 0 Å². The van der Waals surface area contributed by atoms with Gasteiger partial charge in [-0.25, -0.2) is 0 Å². The molecule has 0 aliphatic heterocycles. The Kier molecular flexibility index (Phi) is 6.46. The van der Waals surface area contributed by atoms with Gasteiger partial charge in [-0.05, 0) is 62.7 Å². The second kappa shape index (κ2) is 8.81. The van der Waals surface area contributed by atoms with Crippen molar-refractivity contribution in [3.63, 3.8) is 0 Å². The van der Waals surface area contributed by atoms with E-state index in [0.29, 0.717) is 0 Å². The van der Waals surface area contributed by atoms with Gasteiger partial charge in [-0.1, -0.05) is 11.8 Å². The van der Waals surface area contributed by atoms with Crippen LogP contribution in [0, 0.1) is 18.8 Å². The van der Waals surface area contributed by atoms with Gasteiger partial charge in [0.1, 0.15) is 5.60 Å². The van der Waals surface area contributed by atoms with Gasteiger partial charge in [0, 0.05) is 46.7 Å². The van der Waals surface area contributed by atoms with Crippen LogP contribution in [-0.2, 0) is 19.6 Å². The molecular weight excluding hydrogens is 372 g/mol. The number of pyridine rings is 1. The van der Waals surface area contributed by atoms with E-state index < -0.39 is 5.60 Å². The summed E-state index contributed by atoms with van der Waals surface area (Å²) in [7, 11) is 0. The third kappa shape index (κ3) is 6.60. The second-order valence-electron chi connectivity index (χ2n) is 7.09. The summed E-state index contributed by atoms with van der Waals surface area (Å²) in [5.41, 5.74) is 0.297. The number of hydrogen-bond acceptors (Lipinski definition) is 5. The average Bonchev–Trinajstić information content (AvgIpc) is 3.22. The van der Waals surface area contributed by atoms with Crippen LogP contribution >= 0.6 is 22.7 Å². The average molecular weight is 397 g/mol. The van der Waals surface area contributed by atoms with E-state index in [0.717, 1.165) is 24.5 Å². The molecule has 27 heavy (non-hydrogen) atoms. The smallest absolute Gasteiger partial charge is 0.120 e. The molecule has 0 amide bonds. The van der Waals surface area contributed by atoms with E-state index in [-0.39, 0.29) is 0 Å². The van der Waals surface area contributed by atoms with Gasteiger partial charge in [-0.2, -0.15) is 0 Å². The highest BCUT2D eigenvalue weighted by Gasteiger charge is 2.12. The summed E-state index contributed by atoms with van der Waals surface area (Å²) < 4.78 is 0. The van der Waals surface area contributed by atoms with Crippen LogP contribution in [0.15, 0.2) is 48.8 Å². The third-order valence-electron chi connectivity index (χ3n) is 3.86. The minimum absolute atomic E-state index is 0.869. The highest BCUT2D eigenvalue weighted by atomic mass is 32.1. The fourth-order valence-electron chi connectivity index (χ4n) is 2.67. The zero-order valence-electron chi connectivity index (χ0n) is 15.9. The first kappa shape index (κ1) is 19.8. The molecule has 3 rings (SSSR count). The summed E-state index contributed by atoms with van der Waals surface area (Å²) >= 11 is 3.55. The highest BCUT2D eigenvalue weighted by Crippen LogP contribution is 2.23. The highest BCUT2D eigenvalue weighted by molar-refractivity contribution is 7.12. The zero-order valence-corrected chi connectivity index (χ0v) is 17.5. The fourth-order valence-corrected chi connectivity index (χ4v) is 4.51. The molecule has 3 aromatic heterocycles. The van der Waals surface area contributed by atoms with E-state index in [9.17, 15) is 5.11 Å². The van der Waals surface area contributed by atoms with Gasteiger partial charge >= 0.3 is 0 Å². The lowest BCUT2D eigenvalue weighted by molar-refractivity contribution is 0.143. The molecule has 0 unspecified atom stereocenters. The summed E-state index contributed by atoms with van der Waals surface area (Å²) in [6.45, 7) is 8.22. The molecular formula is C22H24N2OS2. The van der Waals surface area contributed by atoms with Gasteiger partial charge in [0.05, 0.1) is 4.88 Å². The Morgan fingerprint density at radius 3 is 2.26 bits per heavy atom. The van der Waals surface area contributed by atoms with E-state index >= 15 is 0 Å². The molecule has 0 aliphatic carbocycles. The van der Waals surface area contributed by atoms with Crippen molar-refractivity contribution in [2.75, 3.05) is 0 Å². The lowest BCUT2D eigenvalue weighted by atomic mass is 10.1. The van der Waals surface area contributed by atoms with Crippen molar-refractivity contribution >= 4 is 22.7 Å². The monoisotopic (exact) mass is 396 g/mol. The van der Waals surface area contributed by atoms with Crippen LogP contribution in [0.25, 0.3) is 0 Å². The molecule has 0 atom stereocenters. The maximum Gasteiger partial charge on any atom is 0.120 e. The van der Waals surface area contributed by atoms with Crippen LogP contribution in [0.3, 0.4) is 0 Å². The van der Waals surface area contributed by atoms with Crippen molar-refractivity contribution in [2.45, 2.75) is 46.0 Å². The summed E-state index contributed by atoms with van der Waals surface area (Å²) in [4.78, 5) is 11.5. The van der Waals surface area contributed by atoms with E-state index in [1.165, 1.54) is 20.2 Å². The summed E-state index contributed by atoms with van der Waals surface area (Å²) in [6, 6.07) is 12.7. The molecule has 0 fully saturated rings. The van der Waals surface area contributed by atoms with Gasteiger partial charge in [0.2, 0.25) is 0 Å². The number of aliphatic hydroxyl groups is 1. The first-order valence-electron chi connectivity index (χ1n) is 8.88. The first-order valence-corrected chi connectivity index (χ1v) is 10.5. The Morgan fingerprint density at radius 1 is 0.963 bits per heavy atom. The van der Waals surface area contributed by atoms with Crippen molar-refractivity contribution < 1.29 is 5.11 Å². The Hall–Kier alpha value is -1.97. The predicted molar refractivity (Wildman–Crippen MR) is 114 cm³/mol. The van der Waals surface area contributed by atoms with Crippen molar-refractivity contribution in [1.29, 1.82) is 0 Å². The molecule has 0 radical (unpaired) electrons. The third-order valence-corrected chi connectivity index (χ3v) is 5.83. The van der Waals surface area contributed by atoms with Crippen molar-refractivity contribution in [3.05, 3.63) is 73.9 Å². The Bertz CT molecular complexity index is 926. The lowest BCUT2D eigenvalue weighted by Crippen LogP contribution is -2.21. The van der Waals surface area contributed by atoms with Crippen molar-refractivity contribution in [2.24, 2.45) is 0 Å². The van der Waals surface area contributed by atoms with Crippen LogP contribution in [0.4, 0.5) is 0 Å². The number of thiophene rings is 2. The molecule has 1 N–H and O–H groups in total. The molecule has 0 saturated heterocycles. The number of aryl methyl sites for hydroxylation is 1. The quantitative estimate of drug-likeness (QED) is 0.606. The number of nitrogens with zero attached hydrogens (tertiary/aromatic N) is 2. The van der Waals surface area contributed by atoms with Crippen molar-refractivity contribution in [1.82, 2.24) is 9.88 Å². The lowest BCUT2D eigenvalue weighted by Gasteiger charge is -2.21. The molecule has 3 heterocycles. The SMILES string of the molecule is Cc1ccc(CN(Cc2ccncc2)Cc2ccc(C#CC(C)(C)O)s2)s1. The normalized spacial score (nSPS) is 11.4. The Morgan fingerprint density at radius 2 is 1.63 bits per heavy atom. The van der Waals surface area contributed by atoms with Crippen molar-refractivity contribution in [3.8, 4) is 11.8 Å². The van der Waals surface area contributed by atoms with Crippen LogP contribution in [0.1, 0.15) is 38.9 Å². The first-order chi connectivity index (χ1) is 12.9. The summed E-state index contributed by atoms with van der Waals surface area (Å²) in [5, 5.41) is 9.78. The molecule has 3 aromatic rings. The summed E-state index contributed by atoms with van der Waals surface area (Å²) in [5.74, 6) is 5.96. The van der Waals surface area contributed by atoms with E-state index in [4.69, 9.17) is 0 Å². The standard InChI is InChI=1S/C22H24N2OS2/c1-17-4-5-20(26-17)15-24(14-18-9-12-23-13-10-18)16-21-7-6-19(27-21)8-11-22(2,3)25/h4-7,9-10,12-13,25H,14-16H2,1-3H3. The number of rotatable bonds is 6. The van der Waals surface area contributed by atoms with Gasteiger partial charge in [0.25, 0.3) is 0 Å². The van der Waals surface area contributed by atoms with Gasteiger partial charge in [-0.15, -0.1) is 22.7 Å². The van der Waals surface area contributed by atoms with E-state index in [1.807, 2.05) is 29.8 Å². The minimum atomic E-state index is -0.964. The largest absolute Gasteiger partial charge is 0.378 e. The molecule has 0 aromatic carbocycles. The van der Waals surface area contributed by atoms with Gasteiger partial charge in [0.15, 0.2) is 0 Å². The second-order valence-corrected chi connectivity index (χ2v) is 9.63. The molecule has 0 aliphatic rings. The molecule has 0 bridgehead atoms. The van der Waals surface area contributed by atoms with E-state index in [1.54, 1.807) is 25.2 Å². The van der Waals surface area contributed by atoms with Crippen LogP contribution < -0.4 is 0 Å². The van der Waals surface area contributed by atoms with Crippen LogP contribution in [0.5, 0.6) is 0 Å². The molecule has 140 valence electrons. The van der Waals surface area contributed by atoms with Gasteiger partial charge < -0.3 is 5.11 Å². The molecule has 0 saturated carbocycles. The zero-order chi connectivity index (χ0) is 19.3. The summed E-state index contributed by atoms with van der Waals surface area (Å²) in [6.07, 6.45) is 3.69. The predicted octanol–water partition coefficient (Wildman–Crippen LogP) is 4.84. The molecule has 5 heteroatoms. The number of aromatic nitrogens is 1. The Balaban J connectivity index is 1.74. The van der Waals surface area contributed by atoms with Gasteiger partial charge in [-0.3, -0.25) is 9.88 Å². The maximum absolute atomic E-state index is 9.78. The topological polar surface area (TPSA) is 36.4 Å². The van der Waals surface area contributed by atoms with E-state index in [2.05, 4.69) is 59.0 Å². The minimum Gasteiger partial charge on any atom is -0.378 e. The number of hydrogen-bond donors (Lipinski definition) is 1. The molecule has 3 nitrogen and oxygen atoms in total. The fraction of sp³-hybridized carbons (Fsp3) is 0.318. The molecule has 0 spiro atoms. The Labute approximate surface area is 169 Å².